The minimum atomic E-state index is -2.98. The van der Waals surface area contributed by atoms with E-state index < -0.39 is 24.1 Å². The summed E-state index contributed by atoms with van der Waals surface area (Å²) in [7, 11) is 0. The highest BCUT2D eigenvalue weighted by atomic mass is 19.3. The molecule has 0 atom stereocenters. The van der Waals surface area contributed by atoms with Gasteiger partial charge in [-0.3, -0.25) is 4.79 Å². The number of benzene rings is 1. The highest BCUT2D eigenvalue weighted by Crippen LogP contribution is 2.21. The molecule has 86 valence electrons. The third kappa shape index (κ3) is 3.12. The largest absolute Gasteiger partial charge is 0.475 e. The molecule has 3 nitrogen and oxygen atoms in total. The lowest BCUT2D eigenvalue weighted by Crippen LogP contribution is -2.19. The van der Waals surface area contributed by atoms with Crippen LogP contribution in [0.25, 0.3) is 0 Å². The first-order chi connectivity index (χ1) is 7.31. The number of halogens is 2. The van der Waals surface area contributed by atoms with Crippen molar-refractivity contribution in [1.82, 2.24) is 0 Å². The maximum Gasteiger partial charge on any atom is 0.377 e. The number of aliphatic carboxylic acids is 1. The van der Waals surface area contributed by atoms with Crippen LogP contribution in [0.3, 0.4) is 0 Å². The van der Waals surface area contributed by atoms with Crippen molar-refractivity contribution in [2.75, 3.05) is 0 Å². The lowest BCUT2D eigenvalue weighted by Gasteiger charge is -2.12. The quantitative estimate of drug-likeness (QED) is 0.634. The SMILES string of the molecule is CC(F)(F)Cc1ccccc1C(=O)C(=O)O. The summed E-state index contributed by atoms with van der Waals surface area (Å²) in [4.78, 5) is 21.7. The Kier molecular flexibility index (Phi) is 3.37. The topological polar surface area (TPSA) is 54.4 Å². The molecule has 1 N–H and O–H groups in total. The maximum absolute atomic E-state index is 12.8. The van der Waals surface area contributed by atoms with Crippen LogP contribution in [0.2, 0.25) is 0 Å². The standard InChI is InChI=1S/C11H10F2O3/c1-11(12,13)6-7-4-2-3-5-8(7)9(14)10(15)16/h2-5H,6H2,1H3,(H,15,16). The molecule has 0 unspecified atom stereocenters. The fourth-order valence-corrected chi connectivity index (χ4v) is 1.35. The van der Waals surface area contributed by atoms with Gasteiger partial charge in [-0.15, -0.1) is 0 Å². The van der Waals surface area contributed by atoms with Crippen molar-refractivity contribution in [1.29, 1.82) is 0 Å². The van der Waals surface area contributed by atoms with Crippen LogP contribution >= 0.6 is 0 Å². The number of rotatable bonds is 4. The maximum atomic E-state index is 12.8. The molecule has 1 aromatic carbocycles. The van der Waals surface area contributed by atoms with Crippen molar-refractivity contribution in [3.8, 4) is 0 Å². The van der Waals surface area contributed by atoms with Crippen LogP contribution in [-0.4, -0.2) is 22.8 Å². The second-order valence-electron chi connectivity index (χ2n) is 3.54. The van der Waals surface area contributed by atoms with E-state index in [1.807, 2.05) is 0 Å². The summed E-state index contributed by atoms with van der Waals surface area (Å²) < 4.78 is 25.6. The molecule has 0 aliphatic rings. The van der Waals surface area contributed by atoms with Crippen LogP contribution < -0.4 is 0 Å². The average molecular weight is 228 g/mol. The molecule has 5 heteroatoms. The van der Waals surface area contributed by atoms with Crippen molar-refractivity contribution >= 4 is 11.8 Å². The van der Waals surface area contributed by atoms with Gasteiger partial charge in [0.2, 0.25) is 5.92 Å². The first-order valence-electron chi connectivity index (χ1n) is 4.54. The van der Waals surface area contributed by atoms with E-state index in [-0.39, 0.29) is 11.1 Å². The van der Waals surface area contributed by atoms with E-state index in [2.05, 4.69) is 0 Å². The number of carbonyl (C=O) groups excluding carboxylic acids is 1. The number of carboxylic acid groups (broad SMARTS) is 1. The summed E-state index contributed by atoms with van der Waals surface area (Å²) in [5, 5.41) is 8.52. The first kappa shape index (κ1) is 12.3. The molecule has 0 aromatic heterocycles. The number of carbonyl (C=O) groups is 2. The zero-order chi connectivity index (χ0) is 12.3. The number of hydrogen-bond acceptors (Lipinski definition) is 2. The summed E-state index contributed by atoms with van der Waals surface area (Å²) in [5.74, 6) is -5.79. The predicted octanol–water partition coefficient (Wildman–Crippen LogP) is 2.15. The molecule has 16 heavy (non-hydrogen) atoms. The molecule has 0 saturated heterocycles. The molecular weight excluding hydrogens is 218 g/mol. The fraction of sp³-hybridized carbons (Fsp3) is 0.273. The summed E-state index contributed by atoms with van der Waals surface area (Å²) in [6.45, 7) is 0.717. The van der Waals surface area contributed by atoms with Gasteiger partial charge >= 0.3 is 5.97 Å². The summed E-state index contributed by atoms with van der Waals surface area (Å²) >= 11 is 0. The second kappa shape index (κ2) is 4.38. The van der Waals surface area contributed by atoms with E-state index in [1.165, 1.54) is 24.3 Å². The Labute approximate surface area is 90.7 Å². The predicted molar refractivity (Wildman–Crippen MR) is 52.7 cm³/mol. The molecule has 1 aromatic rings. The van der Waals surface area contributed by atoms with Crippen molar-refractivity contribution in [2.45, 2.75) is 19.3 Å². The monoisotopic (exact) mass is 228 g/mol. The Bertz CT molecular complexity index is 421. The molecule has 0 bridgehead atoms. The van der Waals surface area contributed by atoms with Gasteiger partial charge in [-0.2, -0.15) is 0 Å². The van der Waals surface area contributed by atoms with Gasteiger partial charge in [-0.1, -0.05) is 24.3 Å². The van der Waals surface area contributed by atoms with Gasteiger partial charge in [0.15, 0.2) is 0 Å². The molecule has 0 saturated carbocycles. The van der Waals surface area contributed by atoms with Gasteiger partial charge in [-0.25, -0.2) is 13.6 Å². The van der Waals surface area contributed by atoms with Crippen molar-refractivity contribution in [3.63, 3.8) is 0 Å². The molecule has 0 radical (unpaired) electrons. The van der Waals surface area contributed by atoms with E-state index in [0.717, 1.165) is 6.92 Å². The molecule has 0 aliphatic heterocycles. The van der Waals surface area contributed by atoms with E-state index in [0.29, 0.717) is 0 Å². The summed E-state index contributed by atoms with van der Waals surface area (Å²) in [6, 6.07) is 5.48. The zero-order valence-corrected chi connectivity index (χ0v) is 8.54. The Morgan fingerprint density at radius 3 is 2.38 bits per heavy atom. The van der Waals surface area contributed by atoms with Crippen LogP contribution in [0, 0.1) is 0 Å². The van der Waals surface area contributed by atoms with Gasteiger partial charge in [-0.05, 0) is 12.5 Å². The molecule has 0 heterocycles. The highest BCUT2D eigenvalue weighted by Gasteiger charge is 2.26. The number of ketones is 1. The Hall–Kier alpha value is -1.78. The molecule has 0 aliphatic carbocycles. The lowest BCUT2D eigenvalue weighted by atomic mass is 9.99. The molecule has 0 spiro atoms. The van der Waals surface area contributed by atoms with Crippen LogP contribution in [0.15, 0.2) is 24.3 Å². The van der Waals surface area contributed by atoms with Crippen molar-refractivity contribution < 1.29 is 23.5 Å². The van der Waals surface area contributed by atoms with Crippen LogP contribution in [0.4, 0.5) is 8.78 Å². The van der Waals surface area contributed by atoms with Gasteiger partial charge in [0.25, 0.3) is 5.78 Å². The van der Waals surface area contributed by atoms with E-state index in [4.69, 9.17) is 5.11 Å². The number of hydrogen-bond donors (Lipinski definition) is 1. The van der Waals surface area contributed by atoms with Crippen molar-refractivity contribution in [2.24, 2.45) is 0 Å². The lowest BCUT2D eigenvalue weighted by molar-refractivity contribution is -0.131. The Morgan fingerprint density at radius 2 is 1.88 bits per heavy atom. The van der Waals surface area contributed by atoms with E-state index >= 15 is 0 Å². The van der Waals surface area contributed by atoms with E-state index in [9.17, 15) is 18.4 Å². The summed E-state index contributed by atoms with van der Waals surface area (Å²) in [6.07, 6.45) is -0.651. The summed E-state index contributed by atoms with van der Waals surface area (Å²) in [5.41, 5.74) is -0.140. The van der Waals surface area contributed by atoms with Crippen LogP contribution in [0.1, 0.15) is 22.8 Å². The van der Waals surface area contributed by atoms with Gasteiger partial charge < -0.3 is 5.11 Å². The van der Waals surface area contributed by atoms with Crippen LogP contribution in [0.5, 0.6) is 0 Å². The molecular formula is C11H10F2O3. The fourth-order valence-electron chi connectivity index (χ4n) is 1.35. The van der Waals surface area contributed by atoms with Crippen molar-refractivity contribution in [3.05, 3.63) is 35.4 Å². The van der Waals surface area contributed by atoms with Crippen LogP contribution in [-0.2, 0) is 11.2 Å². The third-order valence-corrected chi connectivity index (χ3v) is 1.96. The molecule has 0 amide bonds. The van der Waals surface area contributed by atoms with Gasteiger partial charge in [0, 0.05) is 12.0 Å². The highest BCUT2D eigenvalue weighted by molar-refractivity contribution is 6.40. The minimum absolute atomic E-state index is 0.0439. The number of Topliss-reactive ketones (excluding diaryl/α,β-unsaturated/α-hetero) is 1. The molecule has 1 rings (SSSR count). The van der Waals surface area contributed by atoms with Gasteiger partial charge in [0.05, 0.1) is 0 Å². The number of alkyl halides is 2. The smallest absolute Gasteiger partial charge is 0.377 e. The minimum Gasteiger partial charge on any atom is -0.475 e. The van der Waals surface area contributed by atoms with E-state index in [1.54, 1.807) is 0 Å². The third-order valence-electron chi connectivity index (χ3n) is 1.96. The Balaban J connectivity index is 3.10. The Morgan fingerprint density at radius 1 is 1.31 bits per heavy atom. The molecule has 0 fully saturated rings. The first-order valence-corrected chi connectivity index (χ1v) is 4.54. The average Bonchev–Trinajstić information content (AvgIpc) is 2.15. The second-order valence-corrected chi connectivity index (χ2v) is 3.54. The van der Waals surface area contributed by atoms with Gasteiger partial charge in [0.1, 0.15) is 0 Å². The zero-order valence-electron chi connectivity index (χ0n) is 8.54. The normalized spacial score (nSPS) is 11.2. The number of carboxylic acids is 1.